The molecule has 1 N–H and O–H groups in total. The number of oxazole rings is 1. The Morgan fingerprint density at radius 3 is 2.50 bits per heavy atom. The Hall–Kier alpha value is -2.11. The Bertz CT molecular complexity index is 865. The molecule has 3 aromatic rings. The van der Waals surface area contributed by atoms with Crippen LogP contribution in [0.5, 0.6) is 0 Å². The Morgan fingerprint density at radius 1 is 1.25 bits per heavy atom. The van der Waals surface area contributed by atoms with Crippen molar-refractivity contribution in [2.24, 2.45) is 0 Å². The molecule has 0 atom stereocenters. The summed E-state index contributed by atoms with van der Waals surface area (Å²) in [5.74, 6) is 0.377. The molecule has 6 heteroatoms. The third-order valence-corrected chi connectivity index (χ3v) is 4.87. The normalized spacial score (nSPS) is 11.2. The second kappa shape index (κ2) is 6.79. The molecule has 0 saturated carbocycles. The molecular formula is C18H16ClNO3S. The molecular weight excluding hydrogens is 346 g/mol. The topological polar surface area (TPSA) is 63.3 Å². The number of hydrogen-bond acceptors (Lipinski definition) is 4. The standard InChI is InChI=1S/C18H16ClNO3S/c1-10(2)11-3-5-12(6-4-11)18-20-13(9-16(21)22)17(23-18)14-7-8-15(19)24-14/h3-8,10H,9H2,1-2H3,(H,21,22). The summed E-state index contributed by atoms with van der Waals surface area (Å²) in [5.41, 5.74) is 2.45. The molecule has 0 aliphatic rings. The van der Waals surface area contributed by atoms with Crippen molar-refractivity contribution in [1.82, 2.24) is 4.98 Å². The lowest BCUT2D eigenvalue weighted by atomic mass is 10.0. The second-order valence-corrected chi connectivity index (χ2v) is 7.46. The van der Waals surface area contributed by atoms with Crippen LogP contribution in [0.15, 0.2) is 40.8 Å². The van der Waals surface area contributed by atoms with Crippen molar-refractivity contribution in [3.8, 4) is 22.1 Å². The third-order valence-electron chi connectivity index (χ3n) is 3.64. The summed E-state index contributed by atoms with van der Waals surface area (Å²) >= 11 is 7.32. The van der Waals surface area contributed by atoms with E-state index in [-0.39, 0.29) is 6.42 Å². The van der Waals surface area contributed by atoms with Crippen LogP contribution in [0, 0.1) is 0 Å². The molecule has 1 aromatic carbocycles. The molecule has 3 rings (SSSR count). The van der Waals surface area contributed by atoms with E-state index in [1.54, 1.807) is 6.07 Å². The summed E-state index contributed by atoms with van der Waals surface area (Å²) in [4.78, 5) is 16.3. The zero-order valence-electron chi connectivity index (χ0n) is 13.2. The minimum Gasteiger partial charge on any atom is -0.481 e. The van der Waals surface area contributed by atoms with Crippen LogP contribution >= 0.6 is 22.9 Å². The number of halogens is 1. The summed E-state index contributed by atoms with van der Waals surface area (Å²) < 4.78 is 6.50. The lowest BCUT2D eigenvalue weighted by Crippen LogP contribution is -2.01. The first-order valence-electron chi connectivity index (χ1n) is 7.51. The van der Waals surface area contributed by atoms with Crippen LogP contribution in [-0.4, -0.2) is 16.1 Å². The highest BCUT2D eigenvalue weighted by atomic mass is 35.5. The minimum atomic E-state index is -0.950. The van der Waals surface area contributed by atoms with Crippen LogP contribution < -0.4 is 0 Å². The van der Waals surface area contributed by atoms with Gasteiger partial charge in [-0.1, -0.05) is 37.6 Å². The average Bonchev–Trinajstić information content (AvgIpc) is 3.13. The average molecular weight is 362 g/mol. The quantitative estimate of drug-likeness (QED) is 0.654. The number of thiophene rings is 1. The van der Waals surface area contributed by atoms with E-state index in [1.165, 1.54) is 16.9 Å². The van der Waals surface area contributed by atoms with Gasteiger partial charge in [-0.05, 0) is 35.7 Å². The predicted octanol–water partition coefficient (Wildman–Crippen LogP) is 5.47. The van der Waals surface area contributed by atoms with E-state index in [0.29, 0.717) is 27.6 Å². The smallest absolute Gasteiger partial charge is 0.309 e. The van der Waals surface area contributed by atoms with Crippen LogP contribution in [0.3, 0.4) is 0 Å². The number of nitrogens with zero attached hydrogens (tertiary/aromatic N) is 1. The summed E-state index contributed by atoms with van der Waals surface area (Å²) in [5, 5.41) is 9.12. The summed E-state index contributed by atoms with van der Waals surface area (Å²) in [6, 6.07) is 11.5. The monoisotopic (exact) mass is 361 g/mol. The van der Waals surface area contributed by atoms with Gasteiger partial charge in [0.2, 0.25) is 5.89 Å². The molecule has 0 amide bonds. The predicted molar refractivity (Wildman–Crippen MR) is 95.7 cm³/mol. The van der Waals surface area contributed by atoms with Gasteiger partial charge in [0.1, 0.15) is 0 Å². The number of rotatable bonds is 5. The molecule has 0 bridgehead atoms. The molecule has 4 nitrogen and oxygen atoms in total. The molecule has 2 heterocycles. The van der Waals surface area contributed by atoms with E-state index >= 15 is 0 Å². The van der Waals surface area contributed by atoms with Crippen LogP contribution in [0.1, 0.15) is 31.0 Å². The van der Waals surface area contributed by atoms with Gasteiger partial charge in [0.25, 0.3) is 0 Å². The van der Waals surface area contributed by atoms with Gasteiger partial charge in [-0.15, -0.1) is 11.3 Å². The fraction of sp³-hybridized carbons (Fsp3) is 0.222. The molecule has 0 radical (unpaired) electrons. The van der Waals surface area contributed by atoms with Gasteiger partial charge < -0.3 is 9.52 Å². The van der Waals surface area contributed by atoms with Crippen molar-refractivity contribution >= 4 is 28.9 Å². The number of carbonyl (C=O) groups is 1. The molecule has 0 aliphatic carbocycles. The van der Waals surface area contributed by atoms with E-state index in [0.717, 1.165) is 10.4 Å². The van der Waals surface area contributed by atoms with Crippen molar-refractivity contribution in [1.29, 1.82) is 0 Å². The van der Waals surface area contributed by atoms with E-state index in [9.17, 15) is 4.79 Å². The maximum Gasteiger partial charge on any atom is 0.309 e. The highest BCUT2D eigenvalue weighted by Gasteiger charge is 2.20. The fourth-order valence-corrected chi connectivity index (χ4v) is 3.42. The lowest BCUT2D eigenvalue weighted by molar-refractivity contribution is -0.136. The van der Waals surface area contributed by atoms with Crippen LogP contribution in [0.4, 0.5) is 0 Å². The Kier molecular flexibility index (Phi) is 4.73. The van der Waals surface area contributed by atoms with Crippen LogP contribution in [-0.2, 0) is 11.2 Å². The first-order chi connectivity index (χ1) is 11.4. The van der Waals surface area contributed by atoms with E-state index in [4.69, 9.17) is 21.1 Å². The van der Waals surface area contributed by atoms with E-state index in [2.05, 4.69) is 18.8 Å². The second-order valence-electron chi connectivity index (χ2n) is 5.75. The SMILES string of the molecule is CC(C)c1ccc(-c2nc(CC(=O)O)c(-c3ccc(Cl)s3)o2)cc1. The van der Waals surface area contributed by atoms with Gasteiger partial charge in [0, 0.05) is 5.56 Å². The van der Waals surface area contributed by atoms with Crippen molar-refractivity contribution in [2.75, 3.05) is 0 Å². The van der Waals surface area contributed by atoms with E-state index in [1.807, 2.05) is 30.3 Å². The number of aromatic nitrogens is 1. The first kappa shape index (κ1) is 16.7. The highest BCUT2D eigenvalue weighted by Crippen LogP contribution is 2.36. The Labute approximate surface area is 148 Å². The molecule has 24 heavy (non-hydrogen) atoms. The van der Waals surface area contributed by atoms with Crippen molar-refractivity contribution in [2.45, 2.75) is 26.2 Å². The maximum atomic E-state index is 11.1. The minimum absolute atomic E-state index is 0.196. The number of benzene rings is 1. The number of carboxylic acid groups (broad SMARTS) is 1. The van der Waals surface area contributed by atoms with Crippen molar-refractivity contribution < 1.29 is 14.3 Å². The number of hydrogen-bond donors (Lipinski definition) is 1. The molecule has 0 unspecified atom stereocenters. The van der Waals surface area contributed by atoms with Gasteiger partial charge >= 0.3 is 5.97 Å². The van der Waals surface area contributed by atoms with Crippen LogP contribution in [0.25, 0.3) is 22.1 Å². The third kappa shape index (κ3) is 3.52. The summed E-state index contributed by atoms with van der Waals surface area (Å²) in [6.45, 7) is 4.26. The summed E-state index contributed by atoms with van der Waals surface area (Å²) in [7, 11) is 0. The Balaban J connectivity index is 2.02. The molecule has 124 valence electrons. The zero-order valence-corrected chi connectivity index (χ0v) is 14.8. The van der Waals surface area contributed by atoms with Gasteiger partial charge in [0.05, 0.1) is 21.3 Å². The zero-order chi connectivity index (χ0) is 17.3. The lowest BCUT2D eigenvalue weighted by Gasteiger charge is -2.04. The largest absolute Gasteiger partial charge is 0.481 e. The molecule has 0 fully saturated rings. The number of aliphatic carboxylic acids is 1. The van der Waals surface area contributed by atoms with Crippen LogP contribution in [0.2, 0.25) is 4.34 Å². The van der Waals surface area contributed by atoms with Crippen molar-refractivity contribution in [3.05, 3.63) is 52.0 Å². The fourth-order valence-electron chi connectivity index (χ4n) is 2.38. The molecule has 0 saturated heterocycles. The molecule has 0 aliphatic heterocycles. The van der Waals surface area contributed by atoms with Gasteiger partial charge in [-0.3, -0.25) is 4.79 Å². The van der Waals surface area contributed by atoms with Gasteiger partial charge in [-0.25, -0.2) is 4.98 Å². The van der Waals surface area contributed by atoms with Gasteiger partial charge in [-0.2, -0.15) is 0 Å². The summed E-state index contributed by atoms with van der Waals surface area (Å²) in [6.07, 6.45) is -0.196. The van der Waals surface area contributed by atoms with Crippen molar-refractivity contribution in [3.63, 3.8) is 0 Å². The Morgan fingerprint density at radius 2 is 1.96 bits per heavy atom. The highest BCUT2D eigenvalue weighted by molar-refractivity contribution is 7.19. The van der Waals surface area contributed by atoms with E-state index < -0.39 is 5.97 Å². The molecule has 2 aromatic heterocycles. The maximum absolute atomic E-state index is 11.1. The first-order valence-corrected chi connectivity index (χ1v) is 8.71. The van der Waals surface area contributed by atoms with Gasteiger partial charge in [0.15, 0.2) is 5.76 Å². The molecule has 0 spiro atoms. The number of carboxylic acids is 1.